The summed E-state index contributed by atoms with van der Waals surface area (Å²) in [5, 5.41) is 2.95. The molecule has 2 rings (SSSR count). The molecule has 0 fully saturated rings. The Balaban J connectivity index is 2.09. The molecule has 0 atom stereocenters. The molecule has 0 aliphatic rings. The number of hydrogen-bond donors (Lipinski definition) is 2. The standard InChI is InChI=1S/C13H11F3N4S/c14-13(15,16)9-3-1-8(2-4-9)7-20-12-10(11(17)21)18-5-6-19-12/h1-6H,7H2,(H2,17,21)(H,19,20). The first-order valence-corrected chi connectivity index (χ1v) is 6.29. The van der Waals surface area contributed by atoms with E-state index in [2.05, 4.69) is 15.3 Å². The minimum absolute atomic E-state index is 0.0954. The molecule has 1 heterocycles. The number of nitrogens with one attached hydrogen (secondary N) is 1. The van der Waals surface area contributed by atoms with E-state index < -0.39 is 11.7 Å². The van der Waals surface area contributed by atoms with Crippen LogP contribution in [0.2, 0.25) is 0 Å². The smallest absolute Gasteiger partial charge is 0.388 e. The van der Waals surface area contributed by atoms with Crippen molar-refractivity contribution in [1.82, 2.24) is 9.97 Å². The van der Waals surface area contributed by atoms with Crippen molar-refractivity contribution in [3.8, 4) is 0 Å². The van der Waals surface area contributed by atoms with Crippen LogP contribution in [0.1, 0.15) is 16.8 Å². The van der Waals surface area contributed by atoms with Crippen LogP contribution in [0.3, 0.4) is 0 Å². The van der Waals surface area contributed by atoms with Crippen LogP contribution in [-0.2, 0) is 12.7 Å². The van der Waals surface area contributed by atoms with E-state index >= 15 is 0 Å². The first-order chi connectivity index (χ1) is 9.88. The SMILES string of the molecule is NC(=S)c1nccnc1NCc1ccc(C(F)(F)F)cc1. The van der Waals surface area contributed by atoms with Gasteiger partial charge in [-0.15, -0.1) is 0 Å². The Morgan fingerprint density at radius 1 is 1.14 bits per heavy atom. The van der Waals surface area contributed by atoms with E-state index in [0.29, 0.717) is 17.1 Å². The summed E-state index contributed by atoms with van der Waals surface area (Å²) in [5.74, 6) is 0.393. The molecule has 1 aromatic carbocycles. The van der Waals surface area contributed by atoms with Gasteiger partial charge in [-0.25, -0.2) is 9.97 Å². The lowest BCUT2D eigenvalue weighted by Crippen LogP contribution is -2.16. The summed E-state index contributed by atoms with van der Waals surface area (Å²) >= 11 is 4.85. The first-order valence-electron chi connectivity index (χ1n) is 5.89. The minimum atomic E-state index is -4.34. The minimum Gasteiger partial charge on any atom is -0.388 e. The molecule has 3 N–H and O–H groups in total. The molecule has 0 bridgehead atoms. The molecule has 0 aliphatic heterocycles. The number of anilines is 1. The van der Waals surface area contributed by atoms with Crippen LogP contribution in [0.5, 0.6) is 0 Å². The van der Waals surface area contributed by atoms with Gasteiger partial charge in [0, 0.05) is 18.9 Å². The molecular formula is C13H11F3N4S. The maximum Gasteiger partial charge on any atom is 0.416 e. The van der Waals surface area contributed by atoms with Crippen LogP contribution < -0.4 is 11.1 Å². The highest BCUT2D eigenvalue weighted by atomic mass is 32.1. The Labute approximate surface area is 124 Å². The summed E-state index contributed by atoms with van der Waals surface area (Å²) in [6.45, 7) is 0.284. The Morgan fingerprint density at radius 2 is 1.76 bits per heavy atom. The quantitative estimate of drug-likeness (QED) is 0.850. The average Bonchev–Trinajstić information content (AvgIpc) is 2.45. The van der Waals surface area contributed by atoms with E-state index in [9.17, 15) is 13.2 Å². The van der Waals surface area contributed by atoms with Crippen LogP contribution in [-0.4, -0.2) is 15.0 Å². The molecular weight excluding hydrogens is 301 g/mol. The lowest BCUT2D eigenvalue weighted by Gasteiger charge is -2.10. The summed E-state index contributed by atoms with van der Waals surface area (Å²) in [4.78, 5) is 8.14. The maximum atomic E-state index is 12.5. The fourth-order valence-corrected chi connectivity index (χ4v) is 1.79. The highest BCUT2D eigenvalue weighted by Gasteiger charge is 2.29. The van der Waals surface area contributed by atoms with Gasteiger partial charge < -0.3 is 11.1 Å². The van der Waals surface area contributed by atoms with Crippen LogP contribution in [0.25, 0.3) is 0 Å². The van der Waals surface area contributed by atoms with Crippen LogP contribution in [0, 0.1) is 0 Å². The Morgan fingerprint density at radius 3 is 2.33 bits per heavy atom. The van der Waals surface area contributed by atoms with Gasteiger partial charge in [0.25, 0.3) is 0 Å². The molecule has 0 unspecified atom stereocenters. The Hall–Kier alpha value is -2.22. The molecule has 0 saturated carbocycles. The fraction of sp³-hybridized carbons (Fsp3) is 0.154. The summed E-state index contributed by atoms with van der Waals surface area (Å²) < 4.78 is 37.4. The zero-order valence-corrected chi connectivity index (χ0v) is 11.5. The molecule has 1 aromatic heterocycles. The summed E-state index contributed by atoms with van der Waals surface area (Å²) in [7, 11) is 0. The topological polar surface area (TPSA) is 63.8 Å². The van der Waals surface area contributed by atoms with E-state index in [1.54, 1.807) is 0 Å². The predicted molar refractivity (Wildman–Crippen MR) is 76.7 cm³/mol. The number of alkyl halides is 3. The van der Waals surface area contributed by atoms with E-state index in [-0.39, 0.29) is 11.5 Å². The molecule has 0 amide bonds. The van der Waals surface area contributed by atoms with E-state index in [1.807, 2.05) is 0 Å². The summed E-state index contributed by atoms with van der Waals surface area (Å²) in [6, 6.07) is 4.85. The van der Waals surface area contributed by atoms with E-state index in [4.69, 9.17) is 18.0 Å². The van der Waals surface area contributed by atoms with Crippen molar-refractivity contribution < 1.29 is 13.2 Å². The van der Waals surface area contributed by atoms with E-state index in [0.717, 1.165) is 12.1 Å². The monoisotopic (exact) mass is 312 g/mol. The number of hydrogen-bond acceptors (Lipinski definition) is 4. The maximum absolute atomic E-state index is 12.5. The third kappa shape index (κ3) is 3.88. The molecule has 4 nitrogen and oxygen atoms in total. The number of aromatic nitrogens is 2. The second-order valence-corrected chi connectivity index (χ2v) is 4.61. The van der Waals surface area contributed by atoms with Crippen molar-refractivity contribution in [2.75, 3.05) is 5.32 Å². The van der Waals surface area contributed by atoms with Gasteiger partial charge in [-0.05, 0) is 17.7 Å². The number of rotatable bonds is 4. The third-order valence-electron chi connectivity index (χ3n) is 2.67. The zero-order valence-electron chi connectivity index (χ0n) is 10.7. The number of benzene rings is 1. The highest BCUT2D eigenvalue weighted by Crippen LogP contribution is 2.29. The normalized spacial score (nSPS) is 11.2. The molecule has 0 aliphatic carbocycles. The lowest BCUT2D eigenvalue weighted by molar-refractivity contribution is -0.137. The van der Waals surface area contributed by atoms with Crippen LogP contribution in [0.15, 0.2) is 36.7 Å². The van der Waals surface area contributed by atoms with Gasteiger partial charge in [0.05, 0.1) is 5.56 Å². The van der Waals surface area contributed by atoms with Gasteiger partial charge in [-0.2, -0.15) is 13.2 Å². The number of halogens is 3. The number of thiocarbonyl (C=S) groups is 1. The average molecular weight is 312 g/mol. The second-order valence-electron chi connectivity index (χ2n) is 4.17. The molecule has 110 valence electrons. The second kappa shape index (κ2) is 6.04. The van der Waals surface area contributed by atoms with Crippen LogP contribution in [0.4, 0.5) is 19.0 Å². The molecule has 2 aromatic rings. The van der Waals surface area contributed by atoms with Gasteiger partial charge in [0.2, 0.25) is 0 Å². The van der Waals surface area contributed by atoms with Crippen molar-refractivity contribution in [3.63, 3.8) is 0 Å². The molecule has 0 saturated heterocycles. The van der Waals surface area contributed by atoms with Crippen molar-refractivity contribution in [2.24, 2.45) is 5.73 Å². The fourth-order valence-electron chi connectivity index (χ4n) is 1.65. The summed E-state index contributed by atoms with van der Waals surface area (Å²) in [5.41, 5.74) is 5.85. The molecule has 21 heavy (non-hydrogen) atoms. The van der Waals surface area contributed by atoms with Gasteiger partial charge in [-0.1, -0.05) is 24.4 Å². The van der Waals surface area contributed by atoms with Crippen molar-refractivity contribution in [3.05, 3.63) is 53.5 Å². The number of nitrogens with zero attached hydrogens (tertiary/aromatic N) is 2. The lowest BCUT2D eigenvalue weighted by atomic mass is 10.1. The van der Waals surface area contributed by atoms with Crippen molar-refractivity contribution in [1.29, 1.82) is 0 Å². The van der Waals surface area contributed by atoms with E-state index in [1.165, 1.54) is 24.5 Å². The van der Waals surface area contributed by atoms with Gasteiger partial charge in [0.1, 0.15) is 10.7 Å². The van der Waals surface area contributed by atoms with Crippen molar-refractivity contribution >= 4 is 23.0 Å². The zero-order chi connectivity index (χ0) is 15.5. The highest BCUT2D eigenvalue weighted by molar-refractivity contribution is 7.80. The van der Waals surface area contributed by atoms with Gasteiger partial charge in [-0.3, -0.25) is 0 Å². The molecule has 0 spiro atoms. The Kier molecular flexibility index (Phi) is 4.37. The Bertz CT molecular complexity index is 641. The number of nitrogens with two attached hydrogens (primary N) is 1. The largest absolute Gasteiger partial charge is 0.416 e. The first kappa shape index (κ1) is 15.2. The molecule has 8 heteroatoms. The predicted octanol–water partition coefficient (Wildman–Crippen LogP) is 2.74. The van der Waals surface area contributed by atoms with Crippen molar-refractivity contribution in [2.45, 2.75) is 12.7 Å². The summed E-state index contributed by atoms with van der Waals surface area (Å²) in [6.07, 6.45) is -1.41. The van der Waals surface area contributed by atoms with Gasteiger partial charge in [0.15, 0.2) is 5.82 Å². The third-order valence-corrected chi connectivity index (χ3v) is 2.87. The molecule has 0 radical (unpaired) electrons. The van der Waals surface area contributed by atoms with Crippen LogP contribution >= 0.6 is 12.2 Å². The van der Waals surface area contributed by atoms with Gasteiger partial charge >= 0.3 is 6.18 Å².